The third-order valence-electron chi connectivity index (χ3n) is 3.73. The van der Waals surface area contributed by atoms with Gasteiger partial charge in [0.25, 0.3) is 0 Å². The number of ether oxygens (including phenoxy) is 2. The summed E-state index contributed by atoms with van der Waals surface area (Å²) in [4.78, 5) is 23.9. The maximum Gasteiger partial charge on any atom is 0.246 e. The highest BCUT2D eigenvalue weighted by Gasteiger charge is 2.22. The number of anilines is 1. The lowest BCUT2D eigenvalue weighted by Gasteiger charge is -2.11. The van der Waals surface area contributed by atoms with Crippen molar-refractivity contribution in [3.63, 3.8) is 0 Å². The van der Waals surface area contributed by atoms with Gasteiger partial charge in [0, 0.05) is 18.4 Å². The van der Waals surface area contributed by atoms with E-state index in [1.54, 1.807) is 11.5 Å². The predicted octanol–water partition coefficient (Wildman–Crippen LogP) is 1.51. The summed E-state index contributed by atoms with van der Waals surface area (Å²) in [6, 6.07) is 1.44. The molecular formula is C15H18N4O4S. The Balaban J connectivity index is 1.66. The first-order valence-corrected chi connectivity index (χ1v) is 8.38. The lowest BCUT2D eigenvalue weighted by Crippen LogP contribution is -2.21. The van der Waals surface area contributed by atoms with Gasteiger partial charge in [0.2, 0.25) is 16.5 Å². The van der Waals surface area contributed by atoms with Crippen molar-refractivity contribution in [1.82, 2.24) is 14.8 Å². The average molecular weight is 350 g/mol. The summed E-state index contributed by atoms with van der Waals surface area (Å²) in [5.74, 6) is -0.0520. The maximum atomic E-state index is 12.2. The van der Waals surface area contributed by atoms with E-state index < -0.39 is 0 Å². The highest BCUT2D eigenvalue weighted by Crippen LogP contribution is 2.31. The zero-order chi connectivity index (χ0) is 17.1. The van der Waals surface area contributed by atoms with E-state index in [2.05, 4.69) is 15.5 Å². The maximum absolute atomic E-state index is 12.2. The highest BCUT2D eigenvalue weighted by molar-refractivity contribution is 7.15. The van der Waals surface area contributed by atoms with Crippen LogP contribution in [0.3, 0.4) is 0 Å². The number of aromatic nitrogens is 3. The van der Waals surface area contributed by atoms with Crippen LogP contribution in [0.2, 0.25) is 0 Å². The number of nitrogens with one attached hydrogen (secondary N) is 1. The molecule has 1 fully saturated rings. The van der Waals surface area contributed by atoms with Gasteiger partial charge in [-0.15, -0.1) is 10.2 Å². The Morgan fingerprint density at radius 2 is 2.38 bits per heavy atom. The number of methoxy groups -OCH3 is 1. The second-order valence-electron chi connectivity index (χ2n) is 5.47. The summed E-state index contributed by atoms with van der Waals surface area (Å²) in [6.07, 6.45) is 3.45. The Morgan fingerprint density at radius 3 is 3.08 bits per heavy atom. The summed E-state index contributed by atoms with van der Waals surface area (Å²) >= 11 is 1.32. The van der Waals surface area contributed by atoms with Crippen LogP contribution in [0.15, 0.2) is 17.1 Å². The van der Waals surface area contributed by atoms with Gasteiger partial charge in [-0.25, -0.2) is 0 Å². The summed E-state index contributed by atoms with van der Waals surface area (Å²) in [5, 5.41) is 12.0. The van der Waals surface area contributed by atoms with Crippen LogP contribution >= 0.6 is 11.3 Å². The van der Waals surface area contributed by atoms with Crippen LogP contribution in [-0.2, 0) is 16.1 Å². The smallest absolute Gasteiger partial charge is 0.246 e. The third kappa shape index (κ3) is 3.62. The topological polar surface area (TPSA) is 95.3 Å². The van der Waals surface area contributed by atoms with E-state index >= 15 is 0 Å². The molecule has 3 rings (SSSR count). The van der Waals surface area contributed by atoms with E-state index in [0.29, 0.717) is 10.8 Å². The van der Waals surface area contributed by atoms with Crippen LogP contribution in [0.4, 0.5) is 5.13 Å². The highest BCUT2D eigenvalue weighted by atomic mass is 32.1. The van der Waals surface area contributed by atoms with Gasteiger partial charge in [-0.05, 0) is 19.8 Å². The van der Waals surface area contributed by atoms with Crippen molar-refractivity contribution in [2.24, 2.45) is 0 Å². The van der Waals surface area contributed by atoms with E-state index in [4.69, 9.17) is 9.47 Å². The Kier molecular flexibility index (Phi) is 4.91. The zero-order valence-electron chi connectivity index (χ0n) is 13.4. The molecule has 1 aliphatic heterocycles. The van der Waals surface area contributed by atoms with Crippen molar-refractivity contribution in [1.29, 1.82) is 0 Å². The molecule has 24 heavy (non-hydrogen) atoms. The van der Waals surface area contributed by atoms with Crippen LogP contribution in [-0.4, -0.2) is 34.4 Å². The molecule has 1 saturated heterocycles. The molecule has 0 radical (unpaired) electrons. The molecular weight excluding hydrogens is 332 g/mol. The molecule has 9 heteroatoms. The molecule has 1 aliphatic rings. The van der Waals surface area contributed by atoms with Crippen molar-refractivity contribution in [2.45, 2.75) is 32.4 Å². The van der Waals surface area contributed by atoms with E-state index in [1.165, 1.54) is 30.7 Å². The molecule has 1 amide bonds. The largest absolute Gasteiger partial charge is 0.491 e. The third-order valence-corrected chi connectivity index (χ3v) is 4.67. The quantitative estimate of drug-likeness (QED) is 0.878. The molecule has 0 unspecified atom stereocenters. The van der Waals surface area contributed by atoms with Gasteiger partial charge < -0.3 is 14.0 Å². The van der Waals surface area contributed by atoms with Gasteiger partial charge in [0.1, 0.15) is 17.7 Å². The number of hydrogen-bond donors (Lipinski definition) is 1. The summed E-state index contributed by atoms with van der Waals surface area (Å²) in [5.41, 5.74) is 0.463. The molecule has 0 bridgehead atoms. The average Bonchev–Trinajstić information content (AvgIpc) is 3.21. The Bertz CT molecular complexity index is 795. The number of pyridine rings is 1. The number of rotatable bonds is 5. The molecule has 2 aromatic rings. The first-order valence-electron chi connectivity index (χ1n) is 7.56. The van der Waals surface area contributed by atoms with Crippen molar-refractivity contribution < 1.29 is 14.3 Å². The Morgan fingerprint density at radius 1 is 1.54 bits per heavy atom. The number of amides is 1. The van der Waals surface area contributed by atoms with E-state index in [9.17, 15) is 9.59 Å². The molecule has 3 heterocycles. The molecule has 1 N–H and O–H groups in total. The minimum Gasteiger partial charge on any atom is -0.491 e. The standard InChI is InChI=1S/C15H18N4O4S/c1-9-6-10(20)12(22-2)7-19(9)8-13(21)16-15-18-17-14(24-15)11-4-3-5-23-11/h6-7,11H,3-5,8H2,1-2H3,(H,16,18,21)/t11-/m0/s1. The Labute approximate surface area is 142 Å². The zero-order valence-corrected chi connectivity index (χ0v) is 14.3. The molecule has 0 aromatic carbocycles. The molecule has 0 spiro atoms. The van der Waals surface area contributed by atoms with Gasteiger partial charge >= 0.3 is 0 Å². The van der Waals surface area contributed by atoms with Crippen LogP contribution in [0, 0.1) is 6.92 Å². The molecule has 8 nitrogen and oxygen atoms in total. The molecule has 0 saturated carbocycles. The van der Waals surface area contributed by atoms with Gasteiger partial charge in [-0.1, -0.05) is 11.3 Å². The summed E-state index contributed by atoms with van der Waals surface area (Å²) in [6.45, 7) is 2.55. The second-order valence-corrected chi connectivity index (χ2v) is 6.48. The number of nitrogens with zero attached hydrogens (tertiary/aromatic N) is 3. The molecule has 2 aromatic heterocycles. The van der Waals surface area contributed by atoms with Gasteiger partial charge in [-0.2, -0.15) is 0 Å². The van der Waals surface area contributed by atoms with Crippen molar-refractivity contribution in [2.75, 3.05) is 19.0 Å². The van der Waals surface area contributed by atoms with Crippen molar-refractivity contribution in [3.8, 4) is 5.75 Å². The summed E-state index contributed by atoms with van der Waals surface area (Å²) < 4.78 is 12.2. The van der Waals surface area contributed by atoms with Gasteiger partial charge in [0.15, 0.2) is 5.75 Å². The monoisotopic (exact) mass is 350 g/mol. The van der Waals surface area contributed by atoms with Gasteiger partial charge in [0.05, 0.1) is 13.3 Å². The van der Waals surface area contributed by atoms with Crippen LogP contribution in [0.25, 0.3) is 0 Å². The Hall–Kier alpha value is -2.26. The van der Waals surface area contributed by atoms with E-state index in [-0.39, 0.29) is 29.7 Å². The van der Waals surface area contributed by atoms with Crippen LogP contribution < -0.4 is 15.5 Å². The number of carbonyl (C=O) groups excluding carboxylic acids is 1. The molecule has 0 aliphatic carbocycles. The van der Waals surface area contributed by atoms with Crippen LogP contribution in [0.1, 0.15) is 29.6 Å². The lowest BCUT2D eigenvalue weighted by molar-refractivity contribution is -0.116. The van der Waals surface area contributed by atoms with Crippen molar-refractivity contribution in [3.05, 3.63) is 33.2 Å². The summed E-state index contributed by atoms with van der Waals surface area (Å²) in [7, 11) is 1.42. The molecule has 128 valence electrons. The fraction of sp³-hybridized carbons (Fsp3) is 0.467. The minimum absolute atomic E-state index is 0.0152. The fourth-order valence-corrected chi connectivity index (χ4v) is 3.32. The number of aryl methyl sites for hydroxylation is 1. The van der Waals surface area contributed by atoms with E-state index in [1.807, 2.05) is 0 Å². The first-order chi connectivity index (χ1) is 11.6. The second kappa shape index (κ2) is 7.10. The first kappa shape index (κ1) is 16.6. The minimum atomic E-state index is -0.251. The molecule has 1 atom stereocenters. The predicted molar refractivity (Wildman–Crippen MR) is 88.5 cm³/mol. The van der Waals surface area contributed by atoms with E-state index in [0.717, 1.165) is 24.5 Å². The number of hydrogen-bond acceptors (Lipinski definition) is 7. The lowest BCUT2D eigenvalue weighted by atomic mass is 10.2. The SMILES string of the molecule is COc1cn(CC(=O)Nc2nnc([C@@H]3CCCO3)s2)c(C)cc1=O. The normalized spacial score (nSPS) is 17.0. The number of carbonyl (C=O) groups is 1. The van der Waals surface area contributed by atoms with Crippen molar-refractivity contribution >= 4 is 22.4 Å². The van der Waals surface area contributed by atoms with Crippen LogP contribution in [0.5, 0.6) is 5.75 Å². The van der Waals surface area contributed by atoms with Gasteiger partial charge in [-0.3, -0.25) is 14.9 Å². The fourth-order valence-electron chi connectivity index (χ4n) is 2.48.